The van der Waals surface area contributed by atoms with Crippen LogP contribution in [0.1, 0.15) is 37.9 Å². The summed E-state index contributed by atoms with van der Waals surface area (Å²) in [5, 5.41) is 3.37. The Morgan fingerprint density at radius 1 is 1.59 bits per heavy atom. The van der Waals surface area contributed by atoms with Gasteiger partial charge in [-0.2, -0.15) is 0 Å². The number of ether oxygens (including phenoxy) is 1. The van der Waals surface area contributed by atoms with Crippen molar-refractivity contribution in [1.29, 1.82) is 0 Å². The molecule has 1 aromatic heterocycles. The molecule has 1 heterocycles. The van der Waals surface area contributed by atoms with E-state index in [-0.39, 0.29) is 0 Å². The number of rotatable bonds is 7. The zero-order valence-corrected chi connectivity index (χ0v) is 10.9. The summed E-state index contributed by atoms with van der Waals surface area (Å²) in [6.07, 6.45) is 8.07. The maximum atomic E-state index is 5.02. The summed E-state index contributed by atoms with van der Waals surface area (Å²) in [7, 11) is 1.73. The first-order chi connectivity index (χ1) is 8.33. The predicted molar refractivity (Wildman–Crippen MR) is 67.9 cm³/mol. The van der Waals surface area contributed by atoms with Gasteiger partial charge in [0, 0.05) is 32.4 Å². The zero-order chi connectivity index (χ0) is 12.1. The van der Waals surface area contributed by atoms with Crippen LogP contribution in [0.2, 0.25) is 0 Å². The fourth-order valence-corrected chi connectivity index (χ4v) is 2.38. The van der Waals surface area contributed by atoms with Gasteiger partial charge in [0.05, 0.1) is 18.6 Å². The Hall–Kier alpha value is -0.870. The number of methoxy groups -OCH3 is 1. The van der Waals surface area contributed by atoms with Crippen molar-refractivity contribution in [3.8, 4) is 0 Å². The SMILES string of the molecule is COCCNCc1cncn1C(C)C1CCC1. The second-order valence-corrected chi connectivity index (χ2v) is 4.89. The fraction of sp³-hybridized carbons (Fsp3) is 0.769. The number of nitrogens with zero attached hydrogens (tertiary/aromatic N) is 2. The van der Waals surface area contributed by atoms with Gasteiger partial charge in [-0.05, 0) is 25.7 Å². The van der Waals surface area contributed by atoms with E-state index in [0.717, 1.165) is 25.6 Å². The predicted octanol–water partition coefficient (Wildman–Crippen LogP) is 1.98. The molecule has 17 heavy (non-hydrogen) atoms. The average molecular weight is 237 g/mol. The molecular formula is C13H23N3O. The van der Waals surface area contributed by atoms with Crippen molar-refractivity contribution < 1.29 is 4.74 Å². The minimum Gasteiger partial charge on any atom is -0.383 e. The van der Waals surface area contributed by atoms with Crippen molar-refractivity contribution in [2.75, 3.05) is 20.3 Å². The first kappa shape index (κ1) is 12.6. The van der Waals surface area contributed by atoms with Gasteiger partial charge in [-0.25, -0.2) is 4.98 Å². The third kappa shape index (κ3) is 3.07. The molecule has 1 saturated carbocycles. The molecular weight excluding hydrogens is 214 g/mol. The van der Waals surface area contributed by atoms with Gasteiger partial charge < -0.3 is 14.6 Å². The molecule has 0 bridgehead atoms. The van der Waals surface area contributed by atoms with Gasteiger partial charge >= 0.3 is 0 Å². The summed E-state index contributed by atoms with van der Waals surface area (Å²) in [4.78, 5) is 4.27. The molecule has 1 aliphatic rings. The van der Waals surface area contributed by atoms with Gasteiger partial charge in [-0.15, -0.1) is 0 Å². The maximum absolute atomic E-state index is 5.02. The van der Waals surface area contributed by atoms with Crippen LogP contribution in [-0.2, 0) is 11.3 Å². The molecule has 0 aromatic carbocycles. The van der Waals surface area contributed by atoms with E-state index in [4.69, 9.17) is 4.74 Å². The third-order valence-electron chi connectivity index (χ3n) is 3.81. The Kier molecular flexibility index (Phi) is 4.57. The Morgan fingerprint density at radius 2 is 2.41 bits per heavy atom. The Balaban J connectivity index is 1.86. The molecule has 1 aromatic rings. The molecule has 1 fully saturated rings. The van der Waals surface area contributed by atoms with Crippen LogP contribution in [-0.4, -0.2) is 29.8 Å². The highest BCUT2D eigenvalue weighted by atomic mass is 16.5. The minimum atomic E-state index is 0.588. The molecule has 0 amide bonds. The van der Waals surface area contributed by atoms with Gasteiger partial charge in [0.1, 0.15) is 0 Å². The van der Waals surface area contributed by atoms with Gasteiger partial charge in [0.25, 0.3) is 0 Å². The van der Waals surface area contributed by atoms with Crippen LogP contribution in [0.25, 0.3) is 0 Å². The van der Waals surface area contributed by atoms with E-state index in [0.29, 0.717) is 6.04 Å². The molecule has 0 spiro atoms. The van der Waals surface area contributed by atoms with Crippen molar-refractivity contribution in [1.82, 2.24) is 14.9 Å². The highest BCUT2D eigenvalue weighted by Crippen LogP contribution is 2.36. The number of imidazole rings is 1. The van der Waals surface area contributed by atoms with E-state index in [1.54, 1.807) is 7.11 Å². The zero-order valence-electron chi connectivity index (χ0n) is 10.9. The molecule has 1 unspecified atom stereocenters. The lowest BCUT2D eigenvalue weighted by atomic mass is 9.80. The summed E-state index contributed by atoms with van der Waals surface area (Å²) >= 11 is 0. The van der Waals surface area contributed by atoms with Crippen molar-refractivity contribution in [2.24, 2.45) is 5.92 Å². The summed E-state index contributed by atoms with van der Waals surface area (Å²) in [6, 6.07) is 0.588. The first-order valence-corrected chi connectivity index (χ1v) is 6.53. The highest BCUT2D eigenvalue weighted by molar-refractivity contribution is 5.01. The van der Waals surface area contributed by atoms with Crippen LogP contribution in [0.5, 0.6) is 0 Å². The fourth-order valence-electron chi connectivity index (χ4n) is 2.38. The van der Waals surface area contributed by atoms with E-state index < -0.39 is 0 Å². The molecule has 1 atom stereocenters. The van der Waals surface area contributed by atoms with Crippen molar-refractivity contribution in [3.05, 3.63) is 18.2 Å². The van der Waals surface area contributed by atoms with Crippen molar-refractivity contribution >= 4 is 0 Å². The van der Waals surface area contributed by atoms with E-state index in [2.05, 4.69) is 21.8 Å². The Bertz CT molecular complexity index is 333. The van der Waals surface area contributed by atoms with E-state index in [9.17, 15) is 0 Å². The molecule has 96 valence electrons. The van der Waals surface area contributed by atoms with Crippen molar-refractivity contribution in [2.45, 2.75) is 38.8 Å². The van der Waals surface area contributed by atoms with Crippen LogP contribution in [0, 0.1) is 5.92 Å². The second kappa shape index (κ2) is 6.17. The minimum absolute atomic E-state index is 0.588. The standard InChI is InChI=1S/C13H23N3O/c1-11(12-4-3-5-12)16-10-15-9-13(16)8-14-6-7-17-2/h9-12,14H,3-8H2,1-2H3. The largest absolute Gasteiger partial charge is 0.383 e. The highest BCUT2D eigenvalue weighted by Gasteiger charge is 2.25. The molecule has 4 nitrogen and oxygen atoms in total. The average Bonchev–Trinajstić information content (AvgIpc) is 2.70. The van der Waals surface area contributed by atoms with Crippen molar-refractivity contribution in [3.63, 3.8) is 0 Å². The maximum Gasteiger partial charge on any atom is 0.0951 e. The quantitative estimate of drug-likeness (QED) is 0.737. The second-order valence-electron chi connectivity index (χ2n) is 4.89. The normalized spacial score (nSPS) is 18.0. The molecule has 0 radical (unpaired) electrons. The van der Waals surface area contributed by atoms with E-state index in [1.807, 2.05) is 12.5 Å². The van der Waals surface area contributed by atoms with Gasteiger partial charge in [0.2, 0.25) is 0 Å². The van der Waals surface area contributed by atoms with E-state index >= 15 is 0 Å². The third-order valence-corrected chi connectivity index (χ3v) is 3.81. The number of hydrogen-bond acceptors (Lipinski definition) is 3. The smallest absolute Gasteiger partial charge is 0.0951 e. The monoisotopic (exact) mass is 237 g/mol. The summed E-state index contributed by atoms with van der Waals surface area (Å²) in [5.41, 5.74) is 1.28. The van der Waals surface area contributed by atoms with E-state index in [1.165, 1.54) is 25.0 Å². The Morgan fingerprint density at radius 3 is 3.06 bits per heavy atom. The van der Waals surface area contributed by atoms with Gasteiger partial charge in [-0.3, -0.25) is 0 Å². The first-order valence-electron chi connectivity index (χ1n) is 6.53. The number of nitrogens with one attached hydrogen (secondary N) is 1. The van der Waals surface area contributed by atoms with Crippen LogP contribution in [0.3, 0.4) is 0 Å². The lowest BCUT2D eigenvalue weighted by Gasteiger charge is -2.33. The number of aromatic nitrogens is 2. The summed E-state index contributed by atoms with van der Waals surface area (Å²) < 4.78 is 7.34. The van der Waals surface area contributed by atoms with Crippen LogP contribution >= 0.6 is 0 Å². The Labute approximate surface area is 103 Å². The molecule has 1 N–H and O–H groups in total. The summed E-state index contributed by atoms with van der Waals surface area (Å²) in [5.74, 6) is 0.849. The molecule has 2 rings (SSSR count). The molecule has 0 aliphatic heterocycles. The van der Waals surface area contributed by atoms with Crippen LogP contribution in [0.15, 0.2) is 12.5 Å². The lowest BCUT2D eigenvalue weighted by Crippen LogP contribution is -2.26. The lowest BCUT2D eigenvalue weighted by molar-refractivity contribution is 0.197. The van der Waals surface area contributed by atoms with Crippen LogP contribution < -0.4 is 5.32 Å². The van der Waals surface area contributed by atoms with Gasteiger partial charge in [0.15, 0.2) is 0 Å². The molecule has 0 saturated heterocycles. The topological polar surface area (TPSA) is 39.1 Å². The summed E-state index contributed by atoms with van der Waals surface area (Å²) in [6.45, 7) is 4.83. The number of hydrogen-bond donors (Lipinski definition) is 1. The van der Waals surface area contributed by atoms with Gasteiger partial charge in [-0.1, -0.05) is 6.42 Å². The van der Waals surface area contributed by atoms with Crippen LogP contribution in [0.4, 0.5) is 0 Å². The molecule has 1 aliphatic carbocycles. The molecule has 4 heteroatoms.